The van der Waals surface area contributed by atoms with Gasteiger partial charge in [-0.05, 0) is 61.4 Å². The molecule has 34 heavy (non-hydrogen) atoms. The summed E-state index contributed by atoms with van der Waals surface area (Å²) in [5.41, 5.74) is 3.74. The fourth-order valence-corrected chi connectivity index (χ4v) is 4.78. The Labute approximate surface area is 199 Å². The van der Waals surface area contributed by atoms with Crippen LogP contribution in [-0.2, 0) is 10.0 Å². The largest absolute Gasteiger partial charge is 0.492 e. The molecule has 9 heteroatoms. The van der Waals surface area contributed by atoms with Gasteiger partial charge in [-0.2, -0.15) is 5.10 Å². The first kappa shape index (κ1) is 23.7. The van der Waals surface area contributed by atoms with Crippen molar-refractivity contribution < 1.29 is 18.3 Å². The van der Waals surface area contributed by atoms with Gasteiger partial charge in [0.05, 0.1) is 22.2 Å². The monoisotopic (exact) mass is 480 g/mol. The molecule has 0 aliphatic heterocycles. The average Bonchev–Trinajstić information content (AvgIpc) is 3.18. The zero-order chi connectivity index (χ0) is 24.1. The number of fused-ring (bicyclic) bond motifs is 1. The van der Waals surface area contributed by atoms with Crippen LogP contribution in [0.15, 0.2) is 71.6 Å². The summed E-state index contributed by atoms with van der Waals surface area (Å²) in [6.45, 7) is 5.06. The summed E-state index contributed by atoms with van der Waals surface area (Å²) >= 11 is 0. The summed E-state index contributed by atoms with van der Waals surface area (Å²) in [5.74, 6) is 0.743. The van der Waals surface area contributed by atoms with Crippen LogP contribution in [0.3, 0.4) is 0 Å². The zero-order valence-electron chi connectivity index (χ0n) is 19.1. The Morgan fingerprint density at radius 2 is 1.88 bits per heavy atom. The number of nitrogens with one attached hydrogen (secondary N) is 3. The van der Waals surface area contributed by atoms with E-state index in [4.69, 9.17) is 4.74 Å². The maximum Gasteiger partial charge on any atom is 0.261 e. The molecule has 1 heterocycles. The number of rotatable bonds is 10. The molecule has 4 rings (SSSR count). The lowest BCUT2D eigenvalue weighted by Crippen LogP contribution is -2.26. The van der Waals surface area contributed by atoms with E-state index >= 15 is 0 Å². The molecule has 3 aromatic carbocycles. The van der Waals surface area contributed by atoms with Gasteiger partial charge in [-0.15, -0.1) is 0 Å². The van der Waals surface area contributed by atoms with Crippen molar-refractivity contribution >= 4 is 26.6 Å². The number of aryl methyl sites for hydroxylation is 2. The molecular formula is C25H28N4O4S. The molecule has 0 spiro atoms. The third-order valence-electron chi connectivity index (χ3n) is 5.43. The second-order valence-electron chi connectivity index (χ2n) is 8.13. The van der Waals surface area contributed by atoms with Crippen molar-refractivity contribution in [1.82, 2.24) is 15.5 Å². The summed E-state index contributed by atoms with van der Waals surface area (Å²) in [4.78, 5) is 0.196. The molecule has 0 fully saturated rings. The van der Waals surface area contributed by atoms with E-state index in [2.05, 4.69) is 20.2 Å². The molecule has 0 saturated heterocycles. The van der Waals surface area contributed by atoms with Gasteiger partial charge in [-0.1, -0.05) is 24.3 Å². The van der Waals surface area contributed by atoms with Gasteiger partial charge in [0.25, 0.3) is 10.0 Å². The minimum Gasteiger partial charge on any atom is -0.492 e. The lowest BCUT2D eigenvalue weighted by molar-refractivity contribution is 0.172. The molecule has 178 valence electrons. The van der Waals surface area contributed by atoms with Crippen LogP contribution in [0, 0.1) is 13.8 Å². The number of anilines is 1. The van der Waals surface area contributed by atoms with Gasteiger partial charge in [0, 0.05) is 30.2 Å². The molecule has 0 amide bonds. The van der Waals surface area contributed by atoms with E-state index in [1.54, 1.807) is 42.5 Å². The summed E-state index contributed by atoms with van der Waals surface area (Å²) in [6.07, 6.45) is -0.798. The van der Waals surface area contributed by atoms with E-state index in [1.165, 1.54) is 0 Å². The normalized spacial score (nSPS) is 12.6. The topological polar surface area (TPSA) is 116 Å². The molecule has 0 saturated carbocycles. The predicted molar refractivity (Wildman–Crippen MR) is 133 cm³/mol. The maximum absolute atomic E-state index is 12.7. The van der Waals surface area contributed by atoms with Gasteiger partial charge >= 0.3 is 0 Å². The van der Waals surface area contributed by atoms with Gasteiger partial charge in [-0.25, -0.2) is 8.42 Å². The van der Waals surface area contributed by atoms with Crippen LogP contribution in [0.5, 0.6) is 5.75 Å². The number of hydrogen-bond acceptors (Lipinski definition) is 6. The summed E-state index contributed by atoms with van der Waals surface area (Å²) < 4.78 is 33.7. The number of aromatic amines is 1. The zero-order valence-corrected chi connectivity index (χ0v) is 19.9. The van der Waals surface area contributed by atoms with Crippen molar-refractivity contribution in [3.05, 3.63) is 83.6 Å². The Kier molecular flexibility index (Phi) is 7.16. The van der Waals surface area contributed by atoms with Gasteiger partial charge in [0.2, 0.25) is 0 Å². The number of nitrogens with zero attached hydrogens (tertiary/aromatic N) is 1. The van der Waals surface area contributed by atoms with Crippen LogP contribution in [0.2, 0.25) is 0 Å². The van der Waals surface area contributed by atoms with Crippen LogP contribution in [-0.4, -0.2) is 43.4 Å². The second kappa shape index (κ2) is 10.3. The van der Waals surface area contributed by atoms with Crippen LogP contribution < -0.4 is 14.8 Å². The molecule has 0 unspecified atom stereocenters. The summed E-state index contributed by atoms with van der Waals surface area (Å²) in [7, 11) is -3.71. The van der Waals surface area contributed by atoms with Crippen molar-refractivity contribution in [2.75, 3.05) is 24.4 Å². The summed E-state index contributed by atoms with van der Waals surface area (Å²) in [6, 6.07) is 19.3. The SMILES string of the molecule is Cc1cccc(S(=O)(=O)Nc2cccc([C@@H](O)CNCCOc3ccc4c(C)n[nH]c4c3)c2)c1. The second-order valence-corrected chi connectivity index (χ2v) is 9.81. The minimum atomic E-state index is -3.71. The first-order chi connectivity index (χ1) is 16.3. The highest BCUT2D eigenvalue weighted by molar-refractivity contribution is 7.92. The van der Waals surface area contributed by atoms with E-state index in [-0.39, 0.29) is 4.90 Å². The lowest BCUT2D eigenvalue weighted by Gasteiger charge is -2.15. The van der Waals surface area contributed by atoms with Gasteiger partial charge in [0.15, 0.2) is 0 Å². The van der Waals surface area contributed by atoms with E-state index < -0.39 is 16.1 Å². The molecule has 0 aliphatic rings. The van der Waals surface area contributed by atoms with E-state index in [0.717, 1.165) is 27.9 Å². The number of benzene rings is 3. The molecule has 1 aromatic heterocycles. The Hall–Kier alpha value is -3.40. The molecule has 0 radical (unpaired) electrons. The number of sulfonamides is 1. The maximum atomic E-state index is 12.7. The smallest absolute Gasteiger partial charge is 0.261 e. The number of H-pyrrole nitrogens is 1. The first-order valence-electron chi connectivity index (χ1n) is 11.0. The molecule has 1 atom stereocenters. The number of hydrogen-bond donors (Lipinski definition) is 4. The van der Waals surface area contributed by atoms with Crippen molar-refractivity contribution in [2.24, 2.45) is 0 Å². The standard InChI is InChI=1S/C25H28N4O4S/c1-17-5-3-8-22(13-17)34(31,32)29-20-7-4-6-19(14-20)25(30)16-26-11-12-33-21-9-10-23-18(2)27-28-24(23)15-21/h3-10,13-15,25-26,29-30H,11-12,16H2,1-2H3,(H,27,28)/t25-/m0/s1. The van der Waals surface area contributed by atoms with Crippen LogP contribution in [0.1, 0.15) is 22.9 Å². The van der Waals surface area contributed by atoms with Crippen molar-refractivity contribution in [3.8, 4) is 5.75 Å². The highest BCUT2D eigenvalue weighted by Crippen LogP contribution is 2.22. The fraction of sp³-hybridized carbons (Fsp3) is 0.240. The molecule has 8 nitrogen and oxygen atoms in total. The third kappa shape index (κ3) is 5.74. The van der Waals surface area contributed by atoms with E-state index in [9.17, 15) is 13.5 Å². The predicted octanol–water partition coefficient (Wildman–Crippen LogP) is 3.68. The molecule has 4 N–H and O–H groups in total. The van der Waals surface area contributed by atoms with Gasteiger partial charge < -0.3 is 15.2 Å². The van der Waals surface area contributed by atoms with Crippen LogP contribution >= 0.6 is 0 Å². The van der Waals surface area contributed by atoms with Crippen molar-refractivity contribution in [1.29, 1.82) is 0 Å². The first-order valence-corrected chi connectivity index (χ1v) is 12.5. The van der Waals surface area contributed by atoms with Gasteiger partial charge in [0.1, 0.15) is 12.4 Å². The lowest BCUT2D eigenvalue weighted by atomic mass is 10.1. The number of ether oxygens (including phenoxy) is 1. The Morgan fingerprint density at radius 1 is 1.06 bits per heavy atom. The Bertz CT molecular complexity index is 1380. The Balaban J connectivity index is 1.27. The van der Waals surface area contributed by atoms with E-state index in [0.29, 0.717) is 30.9 Å². The van der Waals surface area contributed by atoms with E-state index in [1.807, 2.05) is 38.1 Å². The molecule has 4 aromatic rings. The van der Waals surface area contributed by atoms with Crippen molar-refractivity contribution in [3.63, 3.8) is 0 Å². The molecular weight excluding hydrogens is 452 g/mol. The van der Waals surface area contributed by atoms with Gasteiger partial charge in [-0.3, -0.25) is 9.82 Å². The number of aliphatic hydroxyl groups excluding tert-OH is 1. The molecule has 0 bridgehead atoms. The quantitative estimate of drug-likeness (QED) is 0.257. The highest BCUT2D eigenvalue weighted by atomic mass is 32.2. The summed E-state index contributed by atoms with van der Waals surface area (Å²) in [5, 5.41) is 21.9. The van der Waals surface area contributed by atoms with Crippen molar-refractivity contribution in [2.45, 2.75) is 24.8 Å². The minimum absolute atomic E-state index is 0.196. The number of aliphatic hydroxyl groups is 1. The van der Waals surface area contributed by atoms with Crippen LogP contribution in [0.4, 0.5) is 5.69 Å². The van der Waals surface area contributed by atoms with Crippen LogP contribution in [0.25, 0.3) is 10.9 Å². The average molecular weight is 481 g/mol. The molecule has 0 aliphatic carbocycles. The number of aromatic nitrogens is 2. The third-order valence-corrected chi connectivity index (χ3v) is 6.81. The highest BCUT2D eigenvalue weighted by Gasteiger charge is 2.15. The Morgan fingerprint density at radius 3 is 2.71 bits per heavy atom. The fourth-order valence-electron chi connectivity index (χ4n) is 3.63.